The molecule has 3 aromatic carbocycles. The molecule has 0 saturated carbocycles. The van der Waals surface area contributed by atoms with Gasteiger partial charge in [0.1, 0.15) is 0 Å². The lowest BCUT2D eigenvalue weighted by molar-refractivity contribution is 0.0680. The number of aromatic hydroxyl groups is 1. The van der Waals surface area contributed by atoms with Crippen molar-refractivity contribution < 1.29 is 29.7 Å². The third kappa shape index (κ3) is 3.67. The van der Waals surface area contributed by atoms with Crippen LogP contribution in [0.2, 0.25) is 0 Å². The van der Waals surface area contributed by atoms with Gasteiger partial charge in [-0.15, -0.1) is 0 Å². The highest BCUT2D eigenvalue weighted by Crippen LogP contribution is 2.41. The van der Waals surface area contributed by atoms with Crippen LogP contribution in [-0.2, 0) is 6.54 Å². The van der Waals surface area contributed by atoms with Gasteiger partial charge in [0.25, 0.3) is 5.91 Å². The molecule has 1 aliphatic heterocycles. The minimum Gasteiger partial charge on any atom is -0.494 e. The van der Waals surface area contributed by atoms with E-state index in [1.165, 1.54) is 22.8 Å². The van der Waals surface area contributed by atoms with E-state index in [1.807, 2.05) is 12.1 Å². The maximum atomic E-state index is 13.1. The second-order valence-electron chi connectivity index (χ2n) is 7.99. The summed E-state index contributed by atoms with van der Waals surface area (Å²) in [4.78, 5) is 40.7. The minimum absolute atomic E-state index is 0.0898. The van der Waals surface area contributed by atoms with Crippen molar-refractivity contribution in [3.05, 3.63) is 112 Å². The van der Waals surface area contributed by atoms with Gasteiger partial charge in [0.2, 0.25) is 5.88 Å². The van der Waals surface area contributed by atoms with Crippen LogP contribution >= 0.6 is 0 Å². The summed E-state index contributed by atoms with van der Waals surface area (Å²) in [6, 6.07) is 21.6. The van der Waals surface area contributed by atoms with Crippen molar-refractivity contribution >= 4 is 23.6 Å². The highest BCUT2D eigenvalue weighted by molar-refractivity contribution is 6.30. The van der Waals surface area contributed by atoms with Crippen LogP contribution in [0.4, 0.5) is 0 Å². The standard InChI is InChI=1S/C27H18N2O6/c30-24-21-20(22(28-24)15-7-3-1-4-8-15)25(31)29(23(21)16-9-5-2-6-10-16)14-18-13-17(26(32)33)11-12-19(18)27(34)35/h1-13,31H,14H2,(H,32,33)(H,34,35). The van der Waals surface area contributed by atoms with E-state index in [9.17, 15) is 29.7 Å². The number of benzene rings is 3. The lowest BCUT2D eigenvalue weighted by atomic mass is 10.00. The summed E-state index contributed by atoms with van der Waals surface area (Å²) < 4.78 is 1.43. The zero-order chi connectivity index (χ0) is 24.7. The maximum Gasteiger partial charge on any atom is 0.336 e. The molecule has 0 aliphatic carbocycles. The number of carbonyl (C=O) groups is 3. The van der Waals surface area contributed by atoms with Crippen LogP contribution in [0.25, 0.3) is 11.3 Å². The average molecular weight is 466 g/mol. The predicted octanol–water partition coefficient (Wildman–Crippen LogP) is 4.30. The Hall–Kier alpha value is -4.98. The summed E-state index contributed by atoms with van der Waals surface area (Å²) in [6.07, 6.45) is 0. The van der Waals surface area contributed by atoms with Crippen LogP contribution < -0.4 is 0 Å². The van der Waals surface area contributed by atoms with Gasteiger partial charge in [-0.2, -0.15) is 0 Å². The Bertz CT molecular complexity index is 1540. The van der Waals surface area contributed by atoms with Crippen molar-refractivity contribution in [3.8, 4) is 17.1 Å². The SMILES string of the molecule is O=C(O)c1ccc(C(=O)O)c(Cn2c(O)c3c(c2-c2ccccc2)C(=O)N=C3c2ccccc2)c1. The van der Waals surface area contributed by atoms with E-state index in [4.69, 9.17) is 0 Å². The van der Waals surface area contributed by atoms with Crippen LogP contribution in [0.5, 0.6) is 5.88 Å². The molecule has 8 heteroatoms. The zero-order valence-electron chi connectivity index (χ0n) is 18.2. The fourth-order valence-corrected chi connectivity index (χ4v) is 4.34. The van der Waals surface area contributed by atoms with Gasteiger partial charge in [-0.05, 0) is 29.3 Å². The molecule has 0 fully saturated rings. The molecule has 0 radical (unpaired) electrons. The number of hydrogen-bond donors (Lipinski definition) is 3. The number of amides is 1. The first-order valence-electron chi connectivity index (χ1n) is 10.7. The van der Waals surface area contributed by atoms with Crippen molar-refractivity contribution in [3.63, 3.8) is 0 Å². The average Bonchev–Trinajstić information content (AvgIpc) is 3.35. The summed E-state index contributed by atoms with van der Waals surface area (Å²) in [5.41, 5.74) is 2.39. The van der Waals surface area contributed by atoms with Crippen molar-refractivity contribution in [2.75, 3.05) is 0 Å². The van der Waals surface area contributed by atoms with Gasteiger partial charge >= 0.3 is 11.9 Å². The molecule has 1 amide bonds. The smallest absolute Gasteiger partial charge is 0.336 e. The number of aromatic nitrogens is 1. The van der Waals surface area contributed by atoms with E-state index in [0.717, 1.165) is 0 Å². The topological polar surface area (TPSA) is 129 Å². The number of fused-ring (bicyclic) bond motifs is 1. The molecule has 0 bridgehead atoms. The van der Waals surface area contributed by atoms with Gasteiger partial charge in [-0.25, -0.2) is 14.6 Å². The summed E-state index contributed by atoms with van der Waals surface area (Å²) in [7, 11) is 0. The molecule has 1 aliphatic rings. The maximum absolute atomic E-state index is 13.1. The molecule has 0 saturated heterocycles. The number of rotatable bonds is 6. The lowest BCUT2D eigenvalue weighted by Gasteiger charge is -2.15. The lowest BCUT2D eigenvalue weighted by Crippen LogP contribution is -2.11. The van der Waals surface area contributed by atoms with Crippen LogP contribution in [0.1, 0.15) is 47.8 Å². The van der Waals surface area contributed by atoms with E-state index < -0.39 is 17.8 Å². The molecule has 0 unspecified atom stereocenters. The van der Waals surface area contributed by atoms with Crippen LogP contribution in [0.15, 0.2) is 83.9 Å². The molecular weight excluding hydrogens is 448 g/mol. The molecule has 0 atom stereocenters. The fraction of sp³-hybridized carbons (Fsp3) is 0.0370. The number of carbonyl (C=O) groups excluding carboxylic acids is 1. The Balaban J connectivity index is 1.76. The van der Waals surface area contributed by atoms with Crippen molar-refractivity contribution in [1.82, 2.24) is 4.57 Å². The number of aromatic carboxylic acids is 2. The second-order valence-corrected chi connectivity index (χ2v) is 7.99. The predicted molar refractivity (Wildman–Crippen MR) is 127 cm³/mol. The van der Waals surface area contributed by atoms with Crippen molar-refractivity contribution in [1.29, 1.82) is 0 Å². The molecule has 3 N–H and O–H groups in total. The molecule has 5 rings (SSSR count). The van der Waals surface area contributed by atoms with Crippen LogP contribution in [0.3, 0.4) is 0 Å². The molecule has 4 aromatic rings. The van der Waals surface area contributed by atoms with Gasteiger partial charge in [0.15, 0.2) is 0 Å². The first-order chi connectivity index (χ1) is 16.9. The highest BCUT2D eigenvalue weighted by atomic mass is 16.4. The summed E-state index contributed by atoms with van der Waals surface area (Å²) in [6.45, 7) is -0.179. The number of nitrogens with zero attached hydrogens (tertiary/aromatic N) is 2. The molecule has 35 heavy (non-hydrogen) atoms. The molecule has 8 nitrogen and oxygen atoms in total. The highest BCUT2D eigenvalue weighted by Gasteiger charge is 2.36. The Morgan fingerprint density at radius 2 is 1.43 bits per heavy atom. The van der Waals surface area contributed by atoms with Crippen LogP contribution in [0, 0.1) is 0 Å². The van der Waals surface area contributed by atoms with Gasteiger partial charge < -0.3 is 19.9 Å². The Labute approximate surface area is 199 Å². The number of aliphatic imine (C=N–C) groups is 1. The van der Waals surface area contributed by atoms with Gasteiger partial charge in [-0.3, -0.25) is 4.79 Å². The minimum atomic E-state index is -1.24. The normalized spacial score (nSPS) is 12.3. The van der Waals surface area contributed by atoms with Crippen LogP contribution in [-0.4, -0.2) is 43.4 Å². The second kappa shape index (κ2) is 8.42. The number of carboxylic acids is 2. The zero-order valence-corrected chi connectivity index (χ0v) is 18.2. The molecule has 2 heterocycles. The number of hydrogen-bond acceptors (Lipinski definition) is 4. The van der Waals surface area contributed by atoms with E-state index in [1.54, 1.807) is 48.5 Å². The largest absolute Gasteiger partial charge is 0.494 e. The first kappa shape index (κ1) is 21.8. The monoisotopic (exact) mass is 466 g/mol. The van der Waals surface area contributed by atoms with Gasteiger partial charge in [0.05, 0.1) is 40.2 Å². The molecule has 1 aromatic heterocycles. The Morgan fingerprint density at radius 3 is 2.03 bits per heavy atom. The molecular formula is C27H18N2O6. The summed E-state index contributed by atoms with van der Waals surface area (Å²) >= 11 is 0. The summed E-state index contributed by atoms with van der Waals surface area (Å²) in [5, 5.41) is 30.5. The van der Waals surface area contributed by atoms with Crippen molar-refractivity contribution in [2.24, 2.45) is 4.99 Å². The van der Waals surface area contributed by atoms with Gasteiger partial charge in [0, 0.05) is 5.56 Å². The van der Waals surface area contributed by atoms with E-state index in [2.05, 4.69) is 4.99 Å². The fourth-order valence-electron chi connectivity index (χ4n) is 4.34. The third-order valence-electron chi connectivity index (χ3n) is 5.91. The molecule has 172 valence electrons. The van der Waals surface area contributed by atoms with E-state index >= 15 is 0 Å². The number of carboxylic acid groups (broad SMARTS) is 2. The van der Waals surface area contributed by atoms with E-state index in [0.29, 0.717) is 22.5 Å². The quantitative estimate of drug-likeness (QED) is 0.389. The van der Waals surface area contributed by atoms with E-state index in [-0.39, 0.29) is 40.2 Å². The Morgan fingerprint density at radius 1 is 0.800 bits per heavy atom. The summed E-state index contributed by atoms with van der Waals surface area (Å²) in [5.74, 6) is -3.23. The van der Waals surface area contributed by atoms with Gasteiger partial charge in [-0.1, -0.05) is 60.7 Å². The Kier molecular flexibility index (Phi) is 5.25. The first-order valence-corrected chi connectivity index (χ1v) is 10.7. The molecule has 0 spiro atoms. The third-order valence-corrected chi connectivity index (χ3v) is 5.91. The van der Waals surface area contributed by atoms with Crippen molar-refractivity contribution in [2.45, 2.75) is 6.54 Å².